The molecule has 0 unspecified atom stereocenters. The largest absolute Gasteiger partial charge is 0.310 e. The molecule has 0 bridgehead atoms. The fourth-order valence-electron chi connectivity index (χ4n) is 8.88. The van der Waals surface area contributed by atoms with Crippen molar-refractivity contribution in [2.45, 2.75) is 5.41 Å². The monoisotopic (exact) mass is 751 g/mol. The molecular formula is C49H29N5S2. The minimum Gasteiger partial charge on any atom is -0.310 e. The maximum Gasteiger partial charge on any atom is 0.182 e. The van der Waals surface area contributed by atoms with E-state index < -0.39 is 5.41 Å². The van der Waals surface area contributed by atoms with E-state index in [1.807, 2.05) is 71.2 Å². The maximum atomic E-state index is 5.09. The molecule has 1 spiro atoms. The fourth-order valence-corrected chi connectivity index (χ4v) is 11.0. The van der Waals surface area contributed by atoms with Gasteiger partial charge < -0.3 is 4.90 Å². The number of nitrogens with zero attached hydrogens (tertiary/aromatic N) is 5. The number of hydrogen-bond donors (Lipinski definition) is 0. The third-order valence-electron chi connectivity index (χ3n) is 11.3. The third-order valence-corrected chi connectivity index (χ3v) is 13.3. The lowest BCUT2D eigenvalue weighted by Crippen LogP contribution is -2.36. The lowest BCUT2D eigenvalue weighted by Gasteiger charge is -2.45. The second-order valence-electron chi connectivity index (χ2n) is 14.3. The molecule has 7 heteroatoms. The summed E-state index contributed by atoms with van der Waals surface area (Å²) in [5.41, 5.74) is 10.7. The van der Waals surface area contributed by atoms with E-state index >= 15 is 0 Å². The number of benzene rings is 6. The maximum absolute atomic E-state index is 5.09. The van der Waals surface area contributed by atoms with E-state index in [4.69, 9.17) is 15.0 Å². The number of thiophene rings is 2. The van der Waals surface area contributed by atoms with Crippen LogP contribution in [0.5, 0.6) is 0 Å². The zero-order chi connectivity index (χ0) is 36.8. The molecule has 0 amide bonds. The molecule has 4 aromatic heterocycles. The predicted octanol–water partition coefficient (Wildman–Crippen LogP) is 12.8. The van der Waals surface area contributed by atoms with Crippen LogP contribution in [0.1, 0.15) is 22.3 Å². The van der Waals surface area contributed by atoms with Crippen LogP contribution in [0, 0.1) is 0 Å². The highest BCUT2D eigenvalue weighted by Gasteiger charge is 2.53. The van der Waals surface area contributed by atoms with Gasteiger partial charge >= 0.3 is 0 Å². The van der Waals surface area contributed by atoms with Crippen molar-refractivity contribution in [3.8, 4) is 44.0 Å². The van der Waals surface area contributed by atoms with Crippen molar-refractivity contribution >= 4 is 61.3 Å². The summed E-state index contributed by atoms with van der Waals surface area (Å²) in [6.45, 7) is 0. The van der Waals surface area contributed by atoms with Crippen molar-refractivity contribution in [2.75, 3.05) is 4.90 Å². The highest BCUT2D eigenvalue weighted by Crippen LogP contribution is 2.66. The van der Waals surface area contributed by atoms with Gasteiger partial charge in [-0.25, -0.2) is 15.0 Å². The van der Waals surface area contributed by atoms with Crippen LogP contribution in [0.25, 0.3) is 65.6 Å². The molecule has 0 fully saturated rings. The Morgan fingerprint density at radius 2 is 0.964 bits per heavy atom. The topological polar surface area (TPSA) is 54.8 Å². The van der Waals surface area contributed by atoms with Crippen LogP contribution in [-0.2, 0) is 5.41 Å². The highest BCUT2D eigenvalue weighted by atomic mass is 32.1. The first-order valence-electron chi connectivity index (χ1n) is 18.6. The first-order valence-corrected chi connectivity index (χ1v) is 20.4. The van der Waals surface area contributed by atoms with E-state index in [1.54, 1.807) is 6.20 Å². The SMILES string of the molecule is c1ccc(-c2nc(-c3cccc(N4c5cc6ccccc6cc5C5(c6cc7ccccc7cc64)c4ccsc4-c4sccc45)c3)nc(-c3ccccn3)n2)cc1. The quantitative estimate of drug-likeness (QED) is 0.179. The summed E-state index contributed by atoms with van der Waals surface area (Å²) >= 11 is 3.71. The molecule has 1 aliphatic heterocycles. The first kappa shape index (κ1) is 31.5. The molecule has 10 aromatic rings. The third kappa shape index (κ3) is 4.53. The summed E-state index contributed by atoms with van der Waals surface area (Å²) in [4.78, 5) is 24.9. The molecule has 6 aromatic carbocycles. The highest BCUT2D eigenvalue weighted by molar-refractivity contribution is 7.21. The van der Waals surface area contributed by atoms with Gasteiger partial charge in [0, 0.05) is 32.8 Å². The number of anilines is 3. The van der Waals surface area contributed by atoms with Gasteiger partial charge in [-0.1, -0.05) is 97.1 Å². The summed E-state index contributed by atoms with van der Waals surface area (Å²) in [6, 6.07) is 56.4. The molecule has 262 valence electrons. The molecule has 5 nitrogen and oxygen atoms in total. The van der Waals surface area contributed by atoms with Crippen LogP contribution >= 0.6 is 22.7 Å². The van der Waals surface area contributed by atoms with Crippen molar-refractivity contribution in [3.05, 3.63) is 197 Å². The smallest absolute Gasteiger partial charge is 0.182 e. The Morgan fingerprint density at radius 1 is 0.429 bits per heavy atom. The van der Waals surface area contributed by atoms with Crippen LogP contribution in [0.15, 0.2) is 175 Å². The molecule has 56 heavy (non-hydrogen) atoms. The van der Waals surface area contributed by atoms with Crippen LogP contribution in [-0.4, -0.2) is 19.9 Å². The second kappa shape index (κ2) is 12.1. The van der Waals surface area contributed by atoms with E-state index in [0.717, 1.165) is 28.2 Å². The Morgan fingerprint density at radius 3 is 1.57 bits per heavy atom. The molecule has 12 rings (SSSR count). The lowest BCUT2D eigenvalue weighted by molar-refractivity contribution is 0.759. The standard InChI is InChI=1S/C49H29N5S2/c1-2-11-30(12-3-1)46-51-47(53-48(52-46)41-19-8-9-22-50-41)35-17-10-18-36(25-35)54-42-28-33-15-6-4-13-31(33)26-39(42)49(37-20-23-55-44(37)45-38(49)21-24-56-45)40-27-32-14-5-7-16-34(32)29-43(40)54/h1-29H. The van der Waals surface area contributed by atoms with E-state index in [1.165, 1.54) is 53.6 Å². The van der Waals surface area contributed by atoms with Gasteiger partial charge in [-0.2, -0.15) is 0 Å². The summed E-state index contributed by atoms with van der Waals surface area (Å²) in [5, 5.41) is 9.39. The molecule has 0 saturated carbocycles. The summed E-state index contributed by atoms with van der Waals surface area (Å²) in [5.74, 6) is 1.73. The fraction of sp³-hybridized carbons (Fsp3) is 0.0204. The van der Waals surface area contributed by atoms with E-state index in [2.05, 4.69) is 130 Å². The van der Waals surface area contributed by atoms with Crippen molar-refractivity contribution in [1.29, 1.82) is 0 Å². The van der Waals surface area contributed by atoms with Crippen molar-refractivity contribution in [2.24, 2.45) is 0 Å². The van der Waals surface area contributed by atoms with Gasteiger partial charge in [-0.3, -0.25) is 4.98 Å². The molecule has 0 saturated heterocycles. The van der Waals surface area contributed by atoms with Gasteiger partial charge in [0.05, 0.1) is 16.8 Å². The Hall–Kier alpha value is -6.80. The number of aromatic nitrogens is 4. The molecule has 2 aliphatic rings. The number of fused-ring (bicyclic) bond motifs is 11. The summed E-state index contributed by atoms with van der Waals surface area (Å²) in [7, 11) is 0. The lowest BCUT2D eigenvalue weighted by atomic mass is 9.64. The summed E-state index contributed by atoms with van der Waals surface area (Å²) in [6.07, 6.45) is 1.77. The minimum atomic E-state index is -0.478. The Bertz CT molecular complexity index is 2980. The minimum absolute atomic E-state index is 0.478. The van der Waals surface area contributed by atoms with Crippen LogP contribution < -0.4 is 4.90 Å². The zero-order valence-electron chi connectivity index (χ0n) is 29.8. The van der Waals surface area contributed by atoms with Crippen LogP contribution in [0.4, 0.5) is 17.1 Å². The zero-order valence-corrected chi connectivity index (χ0v) is 31.4. The van der Waals surface area contributed by atoms with Gasteiger partial charge in [-0.15, -0.1) is 22.7 Å². The summed E-state index contributed by atoms with van der Waals surface area (Å²) < 4.78 is 0. The molecule has 0 radical (unpaired) electrons. The molecule has 1 aliphatic carbocycles. The Balaban J connectivity index is 1.14. The first-order chi connectivity index (χ1) is 27.7. The number of hydrogen-bond acceptors (Lipinski definition) is 7. The second-order valence-corrected chi connectivity index (χ2v) is 16.1. The van der Waals surface area contributed by atoms with Crippen molar-refractivity contribution < 1.29 is 0 Å². The molecular weight excluding hydrogens is 723 g/mol. The van der Waals surface area contributed by atoms with Crippen molar-refractivity contribution in [3.63, 3.8) is 0 Å². The molecule has 0 N–H and O–H groups in total. The average molecular weight is 752 g/mol. The van der Waals surface area contributed by atoms with Gasteiger partial charge in [0.1, 0.15) is 5.69 Å². The van der Waals surface area contributed by atoms with E-state index in [0.29, 0.717) is 23.2 Å². The van der Waals surface area contributed by atoms with Crippen LogP contribution in [0.3, 0.4) is 0 Å². The van der Waals surface area contributed by atoms with E-state index in [-0.39, 0.29) is 0 Å². The van der Waals surface area contributed by atoms with Crippen molar-refractivity contribution in [1.82, 2.24) is 19.9 Å². The van der Waals surface area contributed by atoms with Gasteiger partial charge in [0.15, 0.2) is 17.5 Å². The normalized spacial score (nSPS) is 13.5. The van der Waals surface area contributed by atoms with E-state index in [9.17, 15) is 0 Å². The number of rotatable bonds is 4. The molecule has 5 heterocycles. The Kier molecular flexibility index (Phi) is 6.82. The number of pyridine rings is 1. The predicted molar refractivity (Wildman–Crippen MR) is 230 cm³/mol. The van der Waals surface area contributed by atoms with Gasteiger partial charge in [0.2, 0.25) is 0 Å². The van der Waals surface area contributed by atoms with Crippen LogP contribution in [0.2, 0.25) is 0 Å². The van der Waals surface area contributed by atoms with Gasteiger partial charge in [0.25, 0.3) is 0 Å². The average Bonchev–Trinajstić information content (AvgIpc) is 4.00. The molecule has 0 atom stereocenters. The Labute approximate surface area is 330 Å². The van der Waals surface area contributed by atoms with Gasteiger partial charge in [-0.05, 0) is 115 Å².